The molecule has 0 radical (unpaired) electrons. The summed E-state index contributed by atoms with van der Waals surface area (Å²) >= 11 is 0. The molecule has 2 aliphatic heterocycles. The zero-order valence-electron chi connectivity index (χ0n) is 18.3. The van der Waals surface area contributed by atoms with Crippen molar-refractivity contribution in [3.05, 3.63) is 41.2 Å². The molecular formula is C23H29FN6O. The lowest BCUT2D eigenvalue weighted by molar-refractivity contribution is 0.0728. The van der Waals surface area contributed by atoms with Crippen LogP contribution in [0.25, 0.3) is 10.9 Å². The maximum absolute atomic E-state index is 15.3. The third-order valence-electron chi connectivity index (χ3n) is 6.60. The number of ether oxygens (including phenoxy) is 1. The molecule has 2 fully saturated rings. The van der Waals surface area contributed by atoms with Gasteiger partial charge in [0.25, 0.3) is 0 Å². The van der Waals surface area contributed by atoms with Crippen molar-refractivity contribution in [2.75, 3.05) is 31.6 Å². The van der Waals surface area contributed by atoms with Crippen molar-refractivity contribution in [3.63, 3.8) is 0 Å². The molecule has 0 bridgehead atoms. The second-order valence-corrected chi connectivity index (χ2v) is 8.80. The van der Waals surface area contributed by atoms with Crippen LogP contribution in [0.4, 0.5) is 16.2 Å². The minimum absolute atomic E-state index is 0.103. The fourth-order valence-electron chi connectivity index (χ4n) is 4.93. The number of aryl methyl sites for hydroxylation is 3. The van der Waals surface area contributed by atoms with E-state index in [4.69, 9.17) is 9.72 Å². The van der Waals surface area contributed by atoms with Crippen molar-refractivity contribution < 1.29 is 9.13 Å². The van der Waals surface area contributed by atoms with Gasteiger partial charge in [0, 0.05) is 49.8 Å². The van der Waals surface area contributed by atoms with E-state index in [1.165, 1.54) is 0 Å². The van der Waals surface area contributed by atoms with Gasteiger partial charge in [-0.3, -0.25) is 9.58 Å². The molecule has 2 aliphatic rings. The van der Waals surface area contributed by atoms with Gasteiger partial charge in [0.05, 0.1) is 17.8 Å². The third kappa shape index (κ3) is 4.02. The first kappa shape index (κ1) is 20.3. The topological polar surface area (TPSA) is 68.1 Å². The Morgan fingerprint density at radius 3 is 2.77 bits per heavy atom. The second-order valence-electron chi connectivity index (χ2n) is 8.80. The molecule has 0 spiro atoms. The highest BCUT2D eigenvalue weighted by Crippen LogP contribution is 2.35. The lowest BCUT2D eigenvalue weighted by Crippen LogP contribution is -2.46. The zero-order valence-corrected chi connectivity index (χ0v) is 18.3. The normalized spacial score (nSPS) is 24.7. The number of benzene rings is 1. The molecule has 3 atom stereocenters. The minimum atomic E-state index is -0.887. The SMILES string of the molecule is Cc1cc(Nc2ncc3cc(C)c(C4CCN(C5CCOC5)CC4F)cc3n2)n(C)n1. The number of nitrogens with one attached hydrogen (secondary N) is 1. The molecule has 164 valence electrons. The van der Waals surface area contributed by atoms with Crippen molar-refractivity contribution in [2.24, 2.45) is 7.05 Å². The Balaban J connectivity index is 1.39. The minimum Gasteiger partial charge on any atom is -0.380 e. The van der Waals surface area contributed by atoms with Crippen molar-refractivity contribution >= 4 is 22.7 Å². The van der Waals surface area contributed by atoms with Gasteiger partial charge in [0.2, 0.25) is 5.95 Å². The van der Waals surface area contributed by atoms with Gasteiger partial charge in [-0.15, -0.1) is 0 Å². The van der Waals surface area contributed by atoms with Crippen LogP contribution in [0.15, 0.2) is 24.4 Å². The summed E-state index contributed by atoms with van der Waals surface area (Å²) in [7, 11) is 1.88. The molecule has 4 heterocycles. The smallest absolute Gasteiger partial charge is 0.228 e. The van der Waals surface area contributed by atoms with E-state index in [2.05, 4.69) is 39.4 Å². The van der Waals surface area contributed by atoms with Gasteiger partial charge in [0.1, 0.15) is 12.0 Å². The van der Waals surface area contributed by atoms with Crippen LogP contribution in [-0.4, -0.2) is 63.2 Å². The summed E-state index contributed by atoms with van der Waals surface area (Å²) in [5.74, 6) is 1.24. The van der Waals surface area contributed by atoms with E-state index in [1.807, 2.05) is 26.2 Å². The third-order valence-corrected chi connectivity index (χ3v) is 6.60. The molecule has 8 heteroatoms. The predicted molar refractivity (Wildman–Crippen MR) is 119 cm³/mol. The van der Waals surface area contributed by atoms with Gasteiger partial charge in [0.15, 0.2) is 0 Å². The zero-order chi connectivity index (χ0) is 21.5. The highest BCUT2D eigenvalue weighted by atomic mass is 19.1. The largest absolute Gasteiger partial charge is 0.380 e. The van der Waals surface area contributed by atoms with Crippen molar-refractivity contribution in [1.29, 1.82) is 0 Å². The molecule has 0 aliphatic carbocycles. The standard InChI is InChI=1S/C23H29FN6O/c1-14-8-16-11-25-23(27-22-9-15(2)28-29(22)3)26-21(16)10-19(14)18-4-6-30(12-20(18)24)17-5-7-31-13-17/h8-11,17-18,20H,4-7,12-13H2,1-3H3,(H,25,26,27). The summed E-state index contributed by atoms with van der Waals surface area (Å²) in [6.45, 7) is 6.91. The van der Waals surface area contributed by atoms with E-state index in [0.717, 1.165) is 66.1 Å². The van der Waals surface area contributed by atoms with E-state index in [9.17, 15) is 0 Å². The van der Waals surface area contributed by atoms with Crippen molar-refractivity contribution in [3.8, 4) is 0 Å². The fourth-order valence-corrected chi connectivity index (χ4v) is 4.93. The van der Waals surface area contributed by atoms with Crippen molar-refractivity contribution in [2.45, 2.75) is 44.8 Å². The maximum atomic E-state index is 15.3. The predicted octanol–water partition coefficient (Wildman–Crippen LogP) is 3.64. The van der Waals surface area contributed by atoms with E-state index >= 15 is 4.39 Å². The number of likely N-dealkylation sites (tertiary alicyclic amines) is 1. The summed E-state index contributed by atoms with van der Waals surface area (Å²) in [5.41, 5.74) is 3.91. The first-order valence-corrected chi connectivity index (χ1v) is 11.0. The van der Waals surface area contributed by atoms with Crippen LogP contribution in [0.3, 0.4) is 0 Å². The first-order chi connectivity index (χ1) is 15.0. The number of alkyl halides is 1. The second kappa shape index (κ2) is 8.16. The number of nitrogens with zero attached hydrogens (tertiary/aromatic N) is 5. The molecule has 0 saturated carbocycles. The number of rotatable bonds is 4. The lowest BCUT2D eigenvalue weighted by atomic mass is 9.84. The van der Waals surface area contributed by atoms with Crippen LogP contribution in [-0.2, 0) is 11.8 Å². The number of piperidine rings is 1. The summed E-state index contributed by atoms with van der Waals surface area (Å²) in [5, 5.41) is 8.54. The number of aromatic nitrogens is 4. The van der Waals surface area contributed by atoms with Crippen LogP contribution in [0.2, 0.25) is 0 Å². The number of hydrogen-bond donors (Lipinski definition) is 1. The molecule has 2 saturated heterocycles. The Labute approximate surface area is 181 Å². The van der Waals surface area contributed by atoms with Gasteiger partial charge >= 0.3 is 0 Å². The van der Waals surface area contributed by atoms with E-state index in [1.54, 1.807) is 4.68 Å². The number of hydrogen-bond acceptors (Lipinski definition) is 6. The Hall–Kier alpha value is -2.58. The van der Waals surface area contributed by atoms with Crippen LogP contribution in [0, 0.1) is 13.8 Å². The van der Waals surface area contributed by atoms with E-state index in [0.29, 0.717) is 18.5 Å². The Morgan fingerprint density at radius 2 is 2.06 bits per heavy atom. The Kier molecular flexibility index (Phi) is 5.35. The van der Waals surface area contributed by atoms with E-state index in [-0.39, 0.29) is 5.92 Å². The first-order valence-electron chi connectivity index (χ1n) is 11.0. The number of halogens is 1. The molecule has 3 aromatic rings. The molecule has 2 aromatic heterocycles. The van der Waals surface area contributed by atoms with Crippen LogP contribution >= 0.6 is 0 Å². The summed E-state index contributed by atoms with van der Waals surface area (Å²) in [6, 6.07) is 6.45. The summed E-state index contributed by atoms with van der Waals surface area (Å²) in [6.07, 6.45) is 2.76. The van der Waals surface area contributed by atoms with Crippen LogP contribution in [0.5, 0.6) is 0 Å². The lowest BCUT2D eigenvalue weighted by Gasteiger charge is -2.38. The molecule has 5 rings (SSSR count). The Bertz CT molecular complexity index is 1090. The number of fused-ring (bicyclic) bond motifs is 1. The van der Waals surface area contributed by atoms with Crippen LogP contribution < -0.4 is 5.32 Å². The number of anilines is 2. The molecule has 7 nitrogen and oxygen atoms in total. The highest BCUT2D eigenvalue weighted by Gasteiger charge is 2.35. The van der Waals surface area contributed by atoms with Gasteiger partial charge in [-0.1, -0.05) is 0 Å². The van der Waals surface area contributed by atoms with Gasteiger partial charge in [-0.25, -0.2) is 14.4 Å². The summed E-state index contributed by atoms with van der Waals surface area (Å²) < 4.78 is 22.6. The molecule has 0 amide bonds. The molecule has 3 unspecified atom stereocenters. The molecule has 31 heavy (non-hydrogen) atoms. The van der Waals surface area contributed by atoms with Crippen LogP contribution in [0.1, 0.15) is 35.6 Å². The Morgan fingerprint density at radius 1 is 1.19 bits per heavy atom. The average Bonchev–Trinajstić information content (AvgIpc) is 3.38. The maximum Gasteiger partial charge on any atom is 0.228 e. The van der Waals surface area contributed by atoms with Crippen molar-refractivity contribution in [1.82, 2.24) is 24.6 Å². The molecule has 1 N–H and O–H groups in total. The quantitative estimate of drug-likeness (QED) is 0.690. The monoisotopic (exact) mass is 424 g/mol. The fraction of sp³-hybridized carbons (Fsp3) is 0.522. The molecule has 1 aromatic carbocycles. The van der Waals surface area contributed by atoms with Gasteiger partial charge in [-0.2, -0.15) is 5.10 Å². The average molecular weight is 425 g/mol. The highest BCUT2D eigenvalue weighted by molar-refractivity contribution is 5.81. The van der Waals surface area contributed by atoms with Gasteiger partial charge in [-0.05, 0) is 56.5 Å². The van der Waals surface area contributed by atoms with Gasteiger partial charge < -0.3 is 10.1 Å². The van der Waals surface area contributed by atoms with E-state index < -0.39 is 6.17 Å². The molecular weight excluding hydrogens is 395 g/mol. The summed E-state index contributed by atoms with van der Waals surface area (Å²) in [4.78, 5) is 11.4.